The number of pyridine rings is 1. The van der Waals surface area contributed by atoms with Crippen LogP contribution in [-0.2, 0) is 11.2 Å². The van der Waals surface area contributed by atoms with Gasteiger partial charge >= 0.3 is 0 Å². The van der Waals surface area contributed by atoms with Crippen LogP contribution in [0.15, 0.2) is 6.20 Å². The van der Waals surface area contributed by atoms with Crippen molar-refractivity contribution in [1.82, 2.24) is 10.3 Å². The Morgan fingerprint density at radius 3 is 2.65 bits per heavy atom. The van der Waals surface area contributed by atoms with E-state index in [-0.39, 0.29) is 0 Å². The highest BCUT2D eigenvalue weighted by molar-refractivity contribution is 5.41. The number of rotatable bonds is 9. The Labute approximate surface area is 122 Å². The minimum atomic E-state index is 0.588. The van der Waals surface area contributed by atoms with Gasteiger partial charge in [0.15, 0.2) is 0 Å². The zero-order valence-electron chi connectivity index (χ0n) is 13.5. The lowest BCUT2D eigenvalue weighted by molar-refractivity contribution is 0.197. The number of aromatic nitrogens is 1. The lowest BCUT2D eigenvalue weighted by Gasteiger charge is -2.18. The van der Waals surface area contributed by atoms with Crippen molar-refractivity contribution < 1.29 is 9.47 Å². The molecule has 0 fully saturated rings. The van der Waals surface area contributed by atoms with E-state index in [1.165, 1.54) is 5.56 Å². The van der Waals surface area contributed by atoms with E-state index in [2.05, 4.69) is 24.1 Å². The summed E-state index contributed by atoms with van der Waals surface area (Å²) in [6, 6.07) is 0. The molecule has 1 N–H and O–H groups in total. The van der Waals surface area contributed by atoms with Crippen LogP contribution >= 0.6 is 0 Å². The Hall–Kier alpha value is -1.13. The normalized spacial score (nSPS) is 12.4. The Kier molecular flexibility index (Phi) is 7.55. The van der Waals surface area contributed by atoms with Crippen molar-refractivity contribution in [2.24, 2.45) is 5.92 Å². The molecule has 1 aromatic rings. The average molecular weight is 280 g/mol. The van der Waals surface area contributed by atoms with Crippen LogP contribution in [-0.4, -0.2) is 38.9 Å². The molecule has 0 radical (unpaired) electrons. The van der Waals surface area contributed by atoms with Gasteiger partial charge in [-0.25, -0.2) is 0 Å². The largest absolute Gasteiger partial charge is 0.496 e. The summed E-state index contributed by atoms with van der Waals surface area (Å²) in [5.74, 6) is 1.56. The van der Waals surface area contributed by atoms with Gasteiger partial charge in [0.1, 0.15) is 5.75 Å². The minimum absolute atomic E-state index is 0.588. The van der Waals surface area contributed by atoms with Gasteiger partial charge in [-0.15, -0.1) is 0 Å². The monoisotopic (exact) mass is 280 g/mol. The van der Waals surface area contributed by atoms with E-state index in [4.69, 9.17) is 9.47 Å². The summed E-state index contributed by atoms with van der Waals surface area (Å²) in [7, 11) is 3.45. The first-order chi connectivity index (χ1) is 9.63. The lowest BCUT2D eigenvalue weighted by Crippen LogP contribution is -2.27. The second-order valence-electron chi connectivity index (χ2n) is 5.22. The first kappa shape index (κ1) is 16.9. The molecule has 0 bridgehead atoms. The predicted molar refractivity (Wildman–Crippen MR) is 82.5 cm³/mol. The third kappa shape index (κ3) is 4.76. The third-order valence-electron chi connectivity index (χ3n) is 3.73. The van der Waals surface area contributed by atoms with Gasteiger partial charge in [0, 0.05) is 36.7 Å². The maximum Gasteiger partial charge on any atom is 0.128 e. The van der Waals surface area contributed by atoms with E-state index >= 15 is 0 Å². The Bertz CT molecular complexity index is 408. The topological polar surface area (TPSA) is 43.4 Å². The van der Waals surface area contributed by atoms with Crippen molar-refractivity contribution in [2.75, 3.05) is 33.9 Å². The highest BCUT2D eigenvalue weighted by Gasteiger charge is 2.14. The van der Waals surface area contributed by atoms with Crippen LogP contribution in [0.1, 0.15) is 30.2 Å². The van der Waals surface area contributed by atoms with E-state index < -0.39 is 0 Å². The third-order valence-corrected chi connectivity index (χ3v) is 3.73. The van der Waals surface area contributed by atoms with Gasteiger partial charge < -0.3 is 14.8 Å². The number of nitrogens with one attached hydrogen (secondary N) is 1. The second kappa shape index (κ2) is 8.93. The molecule has 114 valence electrons. The van der Waals surface area contributed by atoms with Crippen LogP contribution in [0.3, 0.4) is 0 Å². The maximum absolute atomic E-state index is 5.47. The summed E-state index contributed by atoms with van der Waals surface area (Å²) in [5.41, 5.74) is 3.41. The summed E-state index contributed by atoms with van der Waals surface area (Å²) in [5, 5.41) is 3.43. The van der Waals surface area contributed by atoms with E-state index in [1.54, 1.807) is 14.2 Å². The van der Waals surface area contributed by atoms with Crippen molar-refractivity contribution in [3.05, 3.63) is 23.0 Å². The van der Waals surface area contributed by atoms with Gasteiger partial charge in [-0.3, -0.25) is 4.98 Å². The number of nitrogens with zero attached hydrogens (tertiary/aromatic N) is 1. The highest BCUT2D eigenvalue weighted by Crippen LogP contribution is 2.25. The Balaban J connectivity index is 2.65. The molecule has 1 rings (SSSR count). The molecule has 0 amide bonds. The zero-order valence-corrected chi connectivity index (χ0v) is 13.5. The van der Waals surface area contributed by atoms with Crippen molar-refractivity contribution in [2.45, 2.75) is 33.6 Å². The lowest BCUT2D eigenvalue weighted by atomic mass is 9.97. The van der Waals surface area contributed by atoms with E-state index in [0.717, 1.165) is 49.5 Å². The smallest absolute Gasteiger partial charge is 0.128 e. The van der Waals surface area contributed by atoms with E-state index in [0.29, 0.717) is 5.92 Å². The van der Waals surface area contributed by atoms with Gasteiger partial charge in [0.25, 0.3) is 0 Å². The fourth-order valence-electron chi connectivity index (χ4n) is 2.39. The molecule has 0 saturated carbocycles. The van der Waals surface area contributed by atoms with Gasteiger partial charge in [-0.1, -0.05) is 13.3 Å². The van der Waals surface area contributed by atoms with Crippen LogP contribution in [0.2, 0.25) is 0 Å². The number of methoxy groups -OCH3 is 2. The summed E-state index contributed by atoms with van der Waals surface area (Å²) in [6.45, 7) is 9.01. The molecule has 0 aliphatic carbocycles. The van der Waals surface area contributed by atoms with Gasteiger partial charge in [-0.05, 0) is 32.7 Å². The molecule has 0 aliphatic rings. The Morgan fingerprint density at radius 1 is 1.30 bits per heavy atom. The van der Waals surface area contributed by atoms with Crippen LogP contribution in [0.5, 0.6) is 5.75 Å². The van der Waals surface area contributed by atoms with Crippen molar-refractivity contribution in [3.63, 3.8) is 0 Å². The first-order valence-electron chi connectivity index (χ1n) is 7.32. The summed E-state index contributed by atoms with van der Waals surface area (Å²) in [6.07, 6.45) is 4.03. The fraction of sp³-hybridized carbons (Fsp3) is 0.688. The predicted octanol–water partition coefficient (Wildman–Crippen LogP) is 2.51. The number of hydrogen-bond donors (Lipinski definition) is 1. The Morgan fingerprint density at radius 2 is 2.05 bits per heavy atom. The van der Waals surface area contributed by atoms with Crippen molar-refractivity contribution >= 4 is 0 Å². The molecule has 0 saturated heterocycles. The van der Waals surface area contributed by atoms with Crippen LogP contribution in [0.4, 0.5) is 0 Å². The van der Waals surface area contributed by atoms with Crippen LogP contribution in [0, 0.1) is 19.8 Å². The molecular weight excluding hydrogens is 252 g/mol. The van der Waals surface area contributed by atoms with Crippen LogP contribution < -0.4 is 10.1 Å². The number of hydrogen-bond acceptors (Lipinski definition) is 4. The maximum atomic E-state index is 5.47. The van der Waals surface area contributed by atoms with Gasteiger partial charge in [0.05, 0.1) is 13.7 Å². The molecular formula is C16H28N2O2. The number of aryl methyl sites for hydroxylation is 1. The molecule has 0 aromatic carbocycles. The second-order valence-corrected chi connectivity index (χ2v) is 5.22. The van der Waals surface area contributed by atoms with Crippen molar-refractivity contribution in [3.8, 4) is 5.75 Å². The number of ether oxygens (including phenoxy) is 2. The summed E-state index contributed by atoms with van der Waals surface area (Å²) >= 11 is 0. The van der Waals surface area contributed by atoms with Crippen LogP contribution in [0.25, 0.3) is 0 Å². The summed E-state index contributed by atoms with van der Waals surface area (Å²) in [4.78, 5) is 4.59. The quantitative estimate of drug-likeness (QED) is 0.706. The molecule has 0 spiro atoms. The van der Waals surface area contributed by atoms with Gasteiger partial charge in [-0.2, -0.15) is 0 Å². The highest BCUT2D eigenvalue weighted by atomic mass is 16.5. The zero-order chi connectivity index (χ0) is 15.0. The molecule has 4 heteroatoms. The molecule has 0 aliphatic heterocycles. The summed E-state index contributed by atoms with van der Waals surface area (Å²) < 4.78 is 10.5. The SMILES string of the molecule is CCC(CNCCOC)Cc1ncc(C)c(OC)c1C. The van der Waals surface area contributed by atoms with Gasteiger partial charge in [0.2, 0.25) is 0 Å². The molecule has 1 unspecified atom stereocenters. The first-order valence-corrected chi connectivity index (χ1v) is 7.32. The molecule has 1 aromatic heterocycles. The average Bonchev–Trinajstić information content (AvgIpc) is 2.45. The fourth-order valence-corrected chi connectivity index (χ4v) is 2.39. The van der Waals surface area contributed by atoms with E-state index in [9.17, 15) is 0 Å². The molecule has 4 nitrogen and oxygen atoms in total. The molecule has 1 heterocycles. The van der Waals surface area contributed by atoms with E-state index in [1.807, 2.05) is 13.1 Å². The standard InChI is InChI=1S/C16H28N2O2/c1-6-14(11-17-7-8-19-4)9-15-13(3)16(20-5)12(2)10-18-15/h10,14,17H,6-9,11H2,1-5H3. The molecule has 1 atom stereocenters. The molecule has 20 heavy (non-hydrogen) atoms. The van der Waals surface area contributed by atoms with Crippen molar-refractivity contribution in [1.29, 1.82) is 0 Å². The minimum Gasteiger partial charge on any atom is -0.496 e.